The van der Waals surface area contributed by atoms with E-state index in [9.17, 15) is 13.2 Å². The molecule has 0 saturated carbocycles. The average molecular weight is 519 g/mol. The molecule has 1 heterocycles. The Labute approximate surface area is 214 Å². The fourth-order valence-corrected chi connectivity index (χ4v) is 5.51. The van der Waals surface area contributed by atoms with E-state index < -0.39 is 10.1 Å². The maximum atomic E-state index is 12.9. The molecule has 2 aromatic carbocycles. The lowest BCUT2D eigenvalue weighted by Crippen LogP contribution is -2.34. The van der Waals surface area contributed by atoms with E-state index in [1.165, 1.54) is 18.4 Å². The minimum atomic E-state index is -3.77. The Balaban J connectivity index is 0.000000392. The minimum Gasteiger partial charge on any atom is -0.493 e. The molecule has 0 aromatic heterocycles. The summed E-state index contributed by atoms with van der Waals surface area (Å²) in [4.78, 5) is 15.5. The van der Waals surface area contributed by atoms with Crippen molar-refractivity contribution in [2.45, 2.75) is 38.6 Å². The van der Waals surface area contributed by atoms with Gasteiger partial charge in [0, 0.05) is 18.0 Å². The van der Waals surface area contributed by atoms with Crippen LogP contribution in [0.2, 0.25) is 0 Å². The van der Waals surface area contributed by atoms with Gasteiger partial charge in [-0.2, -0.15) is 8.42 Å². The fraction of sp³-hybridized carbons (Fsp3) is 0.519. The zero-order valence-corrected chi connectivity index (χ0v) is 22.0. The van der Waals surface area contributed by atoms with Crippen LogP contribution in [-0.2, 0) is 23.1 Å². The molecule has 0 spiro atoms. The van der Waals surface area contributed by atoms with Gasteiger partial charge in [0.25, 0.3) is 10.1 Å². The lowest BCUT2D eigenvalue weighted by molar-refractivity contribution is 0.0895. The molecule has 8 nitrogen and oxygen atoms in total. The molecule has 1 atom stereocenters. The topological polar surface area (TPSA) is 119 Å². The van der Waals surface area contributed by atoms with Crippen LogP contribution >= 0.6 is 0 Å². The van der Waals surface area contributed by atoms with E-state index in [2.05, 4.69) is 35.2 Å². The molecule has 4 rings (SSSR count). The van der Waals surface area contributed by atoms with Crippen LogP contribution in [0.1, 0.15) is 47.2 Å². The van der Waals surface area contributed by atoms with E-state index in [0.717, 1.165) is 43.6 Å². The number of hydrogen-bond acceptors (Lipinski definition) is 7. The van der Waals surface area contributed by atoms with Crippen molar-refractivity contribution in [2.75, 3.05) is 39.6 Å². The Morgan fingerprint density at radius 2 is 1.69 bits per heavy atom. The lowest BCUT2D eigenvalue weighted by atomic mass is 9.85. The number of rotatable bonds is 9. The monoisotopic (exact) mass is 518 g/mol. The van der Waals surface area contributed by atoms with Gasteiger partial charge in [0.2, 0.25) is 0 Å². The zero-order valence-electron chi connectivity index (χ0n) is 21.2. The highest BCUT2D eigenvalue weighted by Crippen LogP contribution is 2.39. The summed E-state index contributed by atoms with van der Waals surface area (Å²) in [5.74, 6) is 2.15. The van der Waals surface area contributed by atoms with Gasteiger partial charge in [0.05, 0.1) is 20.0 Å². The highest BCUT2D eigenvalue weighted by molar-refractivity contribution is 7.85. The Morgan fingerprint density at radius 3 is 2.25 bits per heavy atom. The Kier molecular flexibility index (Phi) is 10.3. The van der Waals surface area contributed by atoms with E-state index in [4.69, 9.17) is 19.8 Å². The molecule has 1 fully saturated rings. The molecule has 36 heavy (non-hydrogen) atoms. The minimum absolute atomic E-state index is 0.109. The van der Waals surface area contributed by atoms with Crippen LogP contribution in [0.15, 0.2) is 42.5 Å². The smallest absolute Gasteiger partial charge is 0.264 e. The van der Waals surface area contributed by atoms with E-state index in [1.54, 1.807) is 14.2 Å². The Hall–Kier alpha value is -2.46. The van der Waals surface area contributed by atoms with Gasteiger partial charge >= 0.3 is 0 Å². The molecule has 0 bridgehead atoms. The maximum absolute atomic E-state index is 12.9. The number of carbonyl (C=O) groups is 1. The molecule has 0 radical (unpaired) electrons. The van der Waals surface area contributed by atoms with E-state index >= 15 is 0 Å². The van der Waals surface area contributed by atoms with Gasteiger partial charge in [-0.05, 0) is 80.9 Å². The third-order valence-corrected chi connectivity index (χ3v) is 7.70. The SMILES string of the molecule is COc1cc2c(cc1OC)C(=O)C(CC1CCN(Cc3ccccc3)CC1)C2.NCCCS(=O)(=O)O. The molecule has 1 aliphatic heterocycles. The van der Waals surface area contributed by atoms with Crippen molar-refractivity contribution in [3.8, 4) is 11.5 Å². The van der Waals surface area contributed by atoms with Crippen molar-refractivity contribution < 1.29 is 27.2 Å². The summed E-state index contributed by atoms with van der Waals surface area (Å²) in [6, 6.07) is 14.5. The van der Waals surface area contributed by atoms with Crippen LogP contribution in [0.25, 0.3) is 0 Å². The number of piperidine rings is 1. The van der Waals surface area contributed by atoms with Crippen LogP contribution in [0, 0.1) is 11.8 Å². The van der Waals surface area contributed by atoms with Gasteiger partial charge in [0.15, 0.2) is 17.3 Å². The van der Waals surface area contributed by atoms with Gasteiger partial charge in [-0.25, -0.2) is 0 Å². The molecule has 198 valence electrons. The molecule has 3 N–H and O–H groups in total. The van der Waals surface area contributed by atoms with Gasteiger partial charge in [-0.15, -0.1) is 0 Å². The summed E-state index contributed by atoms with van der Waals surface area (Å²) in [5.41, 5.74) is 8.27. The number of Topliss-reactive ketones (excluding diaryl/α,β-unsaturated/α-hetero) is 1. The second-order valence-corrected chi connectivity index (χ2v) is 11.1. The predicted octanol–water partition coefficient (Wildman–Crippen LogP) is 3.58. The number of methoxy groups -OCH3 is 2. The summed E-state index contributed by atoms with van der Waals surface area (Å²) in [5, 5.41) is 0. The summed E-state index contributed by atoms with van der Waals surface area (Å²) in [6.07, 6.45) is 4.51. The van der Waals surface area contributed by atoms with Crippen molar-refractivity contribution in [1.82, 2.24) is 4.90 Å². The van der Waals surface area contributed by atoms with Gasteiger partial charge in [0.1, 0.15) is 0 Å². The molecule has 1 aliphatic carbocycles. The van der Waals surface area contributed by atoms with E-state index in [1.807, 2.05) is 12.1 Å². The maximum Gasteiger partial charge on any atom is 0.264 e. The second-order valence-electron chi connectivity index (χ2n) is 9.50. The third kappa shape index (κ3) is 8.03. The van der Waals surface area contributed by atoms with Crippen LogP contribution in [0.4, 0.5) is 0 Å². The first-order chi connectivity index (χ1) is 17.2. The summed E-state index contributed by atoms with van der Waals surface area (Å²) in [6.45, 7) is 3.56. The second kappa shape index (κ2) is 13.2. The predicted molar refractivity (Wildman–Crippen MR) is 140 cm³/mol. The molecule has 0 amide bonds. The zero-order chi connectivity index (χ0) is 26.1. The van der Waals surface area contributed by atoms with Crippen LogP contribution in [-0.4, -0.2) is 63.3 Å². The number of ketones is 1. The van der Waals surface area contributed by atoms with Crippen LogP contribution in [0.5, 0.6) is 11.5 Å². The normalized spacial score (nSPS) is 18.3. The molecule has 1 unspecified atom stereocenters. The molecule has 2 aromatic rings. The number of hydrogen-bond donors (Lipinski definition) is 2. The standard InChI is InChI=1S/C24H29NO3.C3H9NO3S/c1-27-22-14-19-13-20(24(26)21(19)15-23(22)28-2)12-17-8-10-25(11-9-17)16-18-6-4-3-5-7-18;4-2-1-3-8(5,6)7/h3-7,14-15,17,20H,8-13,16H2,1-2H3;1-4H2,(H,5,6,7). The largest absolute Gasteiger partial charge is 0.493 e. The summed E-state index contributed by atoms with van der Waals surface area (Å²) >= 11 is 0. The van der Waals surface area contributed by atoms with Crippen molar-refractivity contribution in [1.29, 1.82) is 0 Å². The summed E-state index contributed by atoms with van der Waals surface area (Å²) < 4.78 is 38.6. The molecular formula is C27H38N2O6S. The quantitative estimate of drug-likeness (QED) is 0.484. The Bertz CT molecular complexity index is 1100. The van der Waals surface area contributed by atoms with Crippen molar-refractivity contribution >= 4 is 15.9 Å². The van der Waals surface area contributed by atoms with Gasteiger partial charge in [-0.1, -0.05) is 30.3 Å². The molecular weight excluding hydrogens is 480 g/mol. The van der Waals surface area contributed by atoms with Gasteiger partial charge < -0.3 is 15.2 Å². The first-order valence-corrected chi connectivity index (χ1v) is 14.1. The number of fused-ring (bicyclic) bond motifs is 1. The highest BCUT2D eigenvalue weighted by Gasteiger charge is 2.34. The van der Waals surface area contributed by atoms with Gasteiger partial charge in [-0.3, -0.25) is 14.2 Å². The number of benzene rings is 2. The first kappa shape index (κ1) is 28.1. The third-order valence-electron chi connectivity index (χ3n) is 6.89. The number of likely N-dealkylation sites (tertiary alicyclic amines) is 1. The van der Waals surface area contributed by atoms with Crippen molar-refractivity contribution in [3.63, 3.8) is 0 Å². The van der Waals surface area contributed by atoms with Crippen LogP contribution in [0.3, 0.4) is 0 Å². The molecule has 1 saturated heterocycles. The number of nitrogens with two attached hydrogens (primary N) is 1. The highest BCUT2D eigenvalue weighted by atomic mass is 32.2. The number of nitrogens with zero attached hydrogens (tertiary/aromatic N) is 1. The van der Waals surface area contributed by atoms with E-state index in [0.29, 0.717) is 30.4 Å². The summed E-state index contributed by atoms with van der Waals surface area (Å²) in [7, 11) is -0.510. The average Bonchev–Trinajstić information content (AvgIpc) is 3.17. The molecule has 9 heteroatoms. The van der Waals surface area contributed by atoms with Crippen LogP contribution < -0.4 is 15.2 Å². The molecule has 2 aliphatic rings. The first-order valence-electron chi connectivity index (χ1n) is 12.4. The van der Waals surface area contributed by atoms with E-state index in [-0.39, 0.29) is 17.5 Å². The number of carbonyl (C=O) groups excluding carboxylic acids is 1. The number of ether oxygens (including phenoxy) is 2. The van der Waals surface area contributed by atoms with Crippen molar-refractivity contribution in [2.24, 2.45) is 17.6 Å². The fourth-order valence-electron chi connectivity index (χ4n) is 4.98. The van der Waals surface area contributed by atoms with Crippen molar-refractivity contribution in [3.05, 3.63) is 59.2 Å². The lowest BCUT2D eigenvalue weighted by Gasteiger charge is -2.32. The Morgan fingerprint density at radius 1 is 1.06 bits per heavy atom.